The summed E-state index contributed by atoms with van der Waals surface area (Å²) in [7, 11) is 3.43. The number of aromatic nitrogens is 2. The monoisotopic (exact) mass is 609 g/mol. The highest BCUT2D eigenvalue weighted by molar-refractivity contribution is 5.79. The molecule has 0 bridgehead atoms. The van der Waals surface area contributed by atoms with E-state index in [1.54, 1.807) is 32.6 Å². The van der Waals surface area contributed by atoms with Crippen LogP contribution in [-0.4, -0.2) is 35.1 Å². The van der Waals surface area contributed by atoms with Crippen LogP contribution in [0.1, 0.15) is 48.6 Å². The number of aryl methyl sites for hydroxylation is 3. The second-order valence-electron chi connectivity index (χ2n) is 11.2. The van der Waals surface area contributed by atoms with Gasteiger partial charge in [-0.2, -0.15) is 18.3 Å². The molecule has 0 saturated carbocycles. The molecule has 0 amide bonds. The van der Waals surface area contributed by atoms with Crippen molar-refractivity contribution in [3.8, 4) is 22.8 Å². The molecule has 44 heavy (non-hydrogen) atoms. The number of rotatable bonds is 11. The third-order valence-corrected chi connectivity index (χ3v) is 7.24. The number of halogens is 3. The Balaban J connectivity index is 1.67. The van der Waals surface area contributed by atoms with Crippen LogP contribution in [0.4, 0.5) is 19.0 Å². The number of hydrogen-bond donors (Lipinski definition) is 0. The number of alkyl halides is 3. The highest BCUT2D eigenvalue weighted by atomic mass is 19.4. The molecule has 7 nitrogen and oxygen atoms in total. The first-order valence-corrected chi connectivity index (χ1v) is 14.3. The number of esters is 1. The van der Waals surface area contributed by atoms with Gasteiger partial charge in [0, 0.05) is 31.8 Å². The molecule has 0 radical (unpaired) electrons. The largest absolute Gasteiger partial charge is 0.497 e. The van der Waals surface area contributed by atoms with E-state index in [4.69, 9.17) is 14.2 Å². The van der Waals surface area contributed by atoms with Gasteiger partial charge in [0.25, 0.3) is 0 Å². The van der Waals surface area contributed by atoms with Gasteiger partial charge >= 0.3 is 12.1 Å². The van der Waals surface area contributed by atoms with E-state index < -0.39 is 23.3 Å². The van der Waals surface area contributed by atoms with E-state index in [9.17, 15) is 18.0 Å². The van der Waals surface area contributed by atoms with E-state index >= 15 is 0 Å². The fourth-order valence-electron chi connectivity index (χ4n) is 5.01. The first-order valence-electron chi connectivity index (χ1n) is 14.3. The van der Waals surface area contributed by atoms with E-state index in [1.807, 2.05) is 63.4 Å². The molecule has 1 aromatic heterocycles. The van der Waals surface area contributed by atoms with Gasteiger partial charge in [0.05, 0.1) is 25.0 Å². The Morgan fingerprint density at radius 3 is 2.05 bits per heavy atom. The maximum atomic E-state index is 13.1. The third kappa shape index (κ3) is 7.53. The SMILES string of the molecule is CCOC(=O)C(C)(C)Oc1c(C)cc(CN(Cc2ccc(OC)cc2)c2cc(-c3ccc(C(F)(F)F)cc3)nn2C)cc1C. The lowest BCUT2D eigenvalue weighted by atomic mass is 10.0. The lowest BCUT2D eigenvalue weighted by Crippen LogP contribution is -2.40. The van der Waals surface area contributed by atoms with Crippen LogP contribution in [0, 0.1) is 13.8 Å². The molecule has 0 spiro atoms. The van der Waals surface area contributed by atoms with Crippen LogP contribution in [-0.2, 0) is 35.8 Å². The number of benzene rings is 3. The van der Waals surface area contributed by atoms with Crippen molar-refractivity contribution in [2.75, 3.05) is 18.6 Å². The highest BCUT2D eigenvalue weighted by Gasteiger charge is 2.33. The Morgan fingerprint density at radius 1 is 0.909 bits per heavy atom. The summed E-state index contributed by atoms with van der Waals surface area (Å²) in [5.41, 5.74) is 3.07. The number of ether oxygens (including phenoxy) is 3. The zero-order chi connectivity index (χ0) is 32.2. The van der Waals surface area contributed by atoms with Gasteiger partial charge in [0.15, 0.2) is 5.60 Å². The van der Waals surface area contributed by atoms with Crippen molar-refractivity contribution in [2.45, 2.75) is 59.5 Å². The smallest absolute Gasteiger partial charge is 0.416 e. The minimum Gasteiger partial charge on any atom is -0.497 e. The van der Waals surface area contributed by atoms with Crippen LogP contribution in [0.2, 0.25) is 0 Å². The molecule has 0 N–H and O–H groups in total. The molecule has 0 aliphatic carbocycles. The summed E-state index contributed by atoms with van der Waals surface area (Å²) >= 11 is 0. The molecule has 0 saturated heterocycles. The summed E-state index contributed by atoms with van der Waals surface area (Å²) in [6, 6.07) is 18.7. The Hall–Kier alpha value is -4.47. The molecule has 3 aromatic carbocycles. The van der Waals surface area contributed by atoms with Gasteiger partial charge in [-0.3, -0.25) is 4.68 Å². The van der Waals surface area contributed by atoms with Gasteiger partial charge in [-0.15, -0.1) is 0 Å². The number of hydrogen-bond acceptors (Lipinski definition) is 6. The Bertz CT molecular complexity index is 1570. The second kappa shape index (κ2) is 13.0. The molecule has 10 heteroatoms. The van der Waals surface area contributed by atoms with Crippen molar-refractivity contribution >= 4 is 11.8 Å². The molecule has 0 unspecified atom stereocenters. The number of anilines is 1. The van der Waals surface area contributed by atoms with Crippen LogP contribution in [0.15, 0.2) is 66.7 Å². The maximum Gasteiger partial charge on any atom is 0.416 e. The van der Waals surface area contributed by atoms with Crippen molar-refractivity contribution in [1.29, 1.82) is 0 Å². The Morgan fingerprint density at radius 2 is 1.50 bits per heavy atom. The van der Waals surface area contributed by atoms with Gasteiger partial charge in [-0.1, -0.05) is 36.4 Å². The van der Waals surface area contributed by atoms with Crippen LogP contribution in [0.25, 0.3) is 11.3 Å². The average molecular weight is 610 g/mol. The molecule has 4 aromatic rings. The molecule has 0 atom stereocenters. The topological polar surface area (TPSA) is 65.8 Å². The quantitative estimate of drug-likeness (QED) is 0.163. The van der Waals surface area contributed by atoms with Crippen molar-refractivity contribution in [3.63, 3.8) is 0 Å². The summed E-state index contributed by atoms with van der Waals surface area (Å²) in [6.45, 7) is 10.3. The fourth-order valence-corrected chi connectivity index (χ4v) is 5.01. The minimum atomic E-state index is -4.41. The lowest BCUT2D eigenvalue weighted by molar-refractivity contribution is -0.158. The molecular formula is C34H38F3N3O4. The summed E-state index contributed by atoms with van der Waals surface area (Å²) in [6.07, 6.45) is -4.41. The van der Waals surface area contributed by atoms with E-state index in [1.165, 1.54) is 12.1 Å². The van der Waals surface area contributed by atoms with E-state index in [0.29, 0.717) is 30.1 Å². The van der Waals surface area contributed by atoms with E-state index in [0.717, 1.165) is 46.0 Å². The van der Waals surface area contributed by atoms with Crippen molar-refractivity contribution in [2.24, 2.45) is 7.05 Å². The summed E-state index contributed by atoms with van der Waals surface area (Å²) in [5.74, 6) is 1.72. The summed E-state index contributed by atoms with van der Waals surface area (Å²) in [5, 5.41) is 4.64. The fraction of sp³-hybridized carbons (Fsp3) is 0.353. The van der Waals surface area contributed by atoms with Crippen molar-refractivity contribution in [1.82, 2.24) is 9.78 Å². The van der Waals surface area contributed by atoms with Crippen molar-refractivity contribution in [3.05, 3.63) is 94.5 Å². The average Bonchev–Trinajstić information content (AvgIpc) is 3.36. The van der Waals surface area contributed by atoms with Gasteiger partial charge in [-0.05, 0) is 81.1 Å². The second-order valence-corrected chi connectivity index (χ2v) is 11.2. The van der Waals surface area contributed by atoms with Crippen LogP contribution >= 0.6 is 0 Å². The number of carbonyl (C=O) groups excluding carboxylic acids is 1. The number of methoxy groups -OCH3 is 1. The van der Waals surface area contributed by atoms with E-state index in [-0.39, 0.29) is 6.61 Å². The standard InChI is InChI=1S/C34H38F3N3O4/c1-8-43-32(41)33(4,5)44-31-22(2)17-25(18-23(31)3)21-40(20-24-9-15-28(42-7)16-10-24)30-19-29(38-39(30)6)26-11-13-27(14-12-26)34(35,36)37/h9-19H,8,20-21H2,1-7H3. The first kappa shape index (κ1) is 32.4. The van der Waals surface area contributed by atoms with Crippen LogP contribution in [0.5, 0.6) is 11.5 Å². The Kier molecular flexibility index (Phi) is 9.61. The van der Waals surface area contributed by atoms with Gasteiger partial charge in [0.2, 0.25) is 0 Å². The van der Waals surface area contributed by atoms with E-state index in [2.05, 4.69) is 10.00 Å². The van der Waals surface area contributed by atoms with Gasteiger partial charge < -0.3 is 19.1 Å². The highest BCUT2D eigenvalue weighted by Crippen LogP contribution is 2.33. The lowest BCUT2D eigenvalue weighted by Gasteiger charge is -2.28. The first-order chi connectivity index (χ1) is 20.7. The minimum absolute atomic E-state index is 0.265. The van der Waals surface area contributed by atoms with Crippen LogP contribution in [0.3, 0.4) is 0 Å². The summed E-state index contributed by atoms with van der Waals surface area (Å²) in [4.78, 5) is 14.6. The Labute approximate surface area is 256 Å². The molecule has 234 valence electrons. The predicted octanol–water partition coefficient (Wildman–Crippen LogP) is 7.66. The normalized spacial score (nSPS) is 11.8. The molecule has 0 aliphatic rings. The zero-order valence-electron chi connectivity index (χ0n) is 26.1. The molecule has 0 aliphatic heterocycles. The number of carbonyl (C=O) groups is 1. The van der Waals surface area contributed by atoms with Gasteiger partial charge in [-0.25, -0.2) is 4.79 Å². The molecule has 4 rings (SSSR count). The van der Waals surface area contributed by atoms with Gasteiger partial charge in [0.1, 0.15) is 17.3 Å². The predicted molar refractivity (Wildman–Crippen MR) is 164 cm³/mol. The third-order valence-electron chi connectivity index (χ3n) is 7.24. The molecule has 0 fully saturated rings. The maximum absolute atomic E-state index is 13.1. The van der Waals surface area contributed by atoms with Crippen molar-refractivity contribution < 1.29 is 32.2 Å². The molecule has 1 heterocycles. The van der Waals surface area contributed by atoms with Crippen LogP contribution < -0.4 is 14.4 Å². The number of nitrogens with zero attached hydrogens (tertiary/aromatic N) is 3. The molecular weight excluding hydrogens is 571 g/mol. The zero-order valence-corrected chi connectivity index (χ0v) is 26.1. The summed E-state index contributed by atoms with van der Waals surface area (Å²) < 4.78 is 57.8.